The van der Waals surface area contributed by atoms with Crippen LogP contribution in [0.25, 0.3) is 27.6 Å². The Labute approximate surface area is 160 Å². The molecule has 1 aromatic carbocycles. The molecule has 0 fully saturated rings. The maximum Gasteiger partial charge on any atom is 0.169 e. The van der Waals surface area contributed by atoms with Gasteiger partial charge in [-0.3, -0.25) is 5.73 Å². The molecule has 0 aliphatic carbocycles. The average Bonchev–Trinajstić information content (AvgIpc) is 3.20. The molecule has 0 radical (unpaired) electrons. The number of halogens is 1. The van der Waals surface area contributed by atoms with E-state index in [1.54, 1.807) is 26.7 Å². The van der Waals surface area contributed by atoms with Crippen molar-refractivity contribution in [1.29, 1.82) is 0 Å². The van der Waals surface area contributed by atoms with Crippen molar-refractivity contribution in [1.82, 2.24) is 4.98 Å². The molecular weight excluding hydrogens is 443 g/mol. The van der Waals surface area contributed by atoms with Crippen molar-refractivity contribution < 1.29 is 13.9 Å². The Kier molecular flexibility index (Phi) is 4.60. The van der Waals surface area contributed by atoms with Gasteiger partial charge in [-0.25, -0.2) is 4.98 Å². The summed E-state index contributed by atoms with van der Waals surface area (Å²) in [7, 11) is 3.26. The van der Waals surface area contributed by atoms with E-state index < -0.39 is 0 Å². The maximum absolute atomic E-state index is 6.01. The van der Waals surface area contributed by atoms with Crippen molar-refractivity contribution in [2.24, 2.45) is 5.73 Å². The van der Waals surface area contributed by atoms with E-state index in [0.717, 1.165) is 36.9 Å². The Morgan fingerprint density at radius 3 is 2.73 bits per heavy atom. The number of rotatable bonds is 4. The number of nitrogens with zero attached hydrogens (tertiary/aromatic N) is 1. The number of benzene rings is 1. The summed E-state index contributed by atoms with van der Waals surface area (Å²) in [5.74, 6) is 1.29. The molecule has 0 unspecified atom stereocenters. The van der Waals surface area contributed by atoms with Crippen LogP contribution in [0.1, 0.15) is 5.69 Å². The van der Waals surface area contributed by atoms with Crippen molar-refractivity contribution in [2.75, 3.05) is 14.2 Å². The first-order valence-electron chi connectivity index (χ1n) is 7.94. The first kappa shape index (κ1) is 17.0. The molecule has 3 aromatic rings. The molecule has 0 atom stereocenters. The molecule has 0 saturated carbocycles. The predicted molar refractivity (Wildman–Crippen MR) is 113 cm³/mol. The standard InChI is InChI=1S/C20H17IN2O3/c1-24-17-10-16-14(19(20(17)25-2)13-6-8-26-11-13)3-4-15(23-16)12-5-7-21-18(22)9-12/h3-11H,22H2,1-2H3. The molecule has 2 aromatic heterocycles. The van der Waals surface area contributed by atoms with Crippen molar-refractivity contribution in [3.63, 3.8) is 0 Å². The van der Waals surface area contributed by atoms with E-state index in [1.807, 2.05) is 24.3 Å². The highest BCUT2D eigenvalue weighted by Crippen LogP contribution is 2.43. The Bertz CT molecular complexity index is 1070. The number of hydrogen-bond donors (Lipinski definition) is 1. The highest BCUT2D eigenvalue weighted by atomic mass is 127. The van der Waals surface area contributed by atoms with Crippen LogP contribution in [0, 0.1) is 0 Å². The lowest BCUT2D eigenvalue weighted by Gasteiger charge is -2.15. The summed E-state index contributed by atoms with van der Waals surface area (Å²) in [4.78, 5) is 4.85. The summed E-state index contributed by atoms with van der Waals surface area (Å²) in [6.45, 7) is 0. The zero-order valence-electron chi connectivity index (χ0n) is 14.3. The Hall–Kier alpha value is -2.45. The molecule has 1 aliphatic rings. The molecule has 3 heterocycles. The maximum atomic E-state index is 6.01. The zero-order valence-corrected chi connectivity index (χ0v) is 16.5. The number of nitrogens with two attached hydrogens (primary N) is 1. The van der Waals surface area contributed by atoms with Gasteiger partial charge in [0, 0.05) is 31.8 Å². The fourth-order valence-corrected chi connectivity index (χ4v) is 4.50. The lowest BCUT2D eigenvalue weighted by Crippen LogP contribution is -2.06. The van der Waals surface area contributed by atoms with E-state index >= 15 is 0 Å². The number of fused-ring (bicyclic) bond motifs is 1. The van der Waals surface area contributed by atoms with Gasteiger partial charge in [0.15, 0.2) is 11.5 Å². The lowest BCUT2D eigenvalue weighted by atomic mass is 9.99. The van der Waals surface area contributed by atoms with E-state index in [4.69, 9.17) is 24.6 Å². The monoisotopic (exact) mass is 460 g/mol. The molecule has 2 N–H and O–H groups in total. The summed E-state index contributed by atoms with van der Waals surface area (Å²) in [6.07, 6.45) is 7.44. The second-order valence-corrected chi connectivity index (χ2v) is 8.24. The number of ether oxygens (including phenoxy) is 2. The Morgan fingerprint density at radius 2 is 2.04 bits per heavy atom. The van der Waals surface area contributed by atoms with Crippen molar-refractivity contribution in [2.45, 2.75) is 0 Å². The topological polar surface area (TPSA) is 70.5 Å². The number of aromatic nitrogens is 1. The van der Waals surface area contributed by atoms with Crippen molar-refractivity contribution in [3.8, 4) is 22.6 Å². The van der Waals surface area contributed by atoms with Crippen molar-refractivity contribution in [3.05, 3.63) is 58.7 Å². The number of pyridine rings is 1. The van der Waals surface area contributed by atoms with Gasteiger partial charge in [0.2, 0.25) is 0 Å². The number of hydrogen-bond acceptors (Lipinski definition) is 5. The highest BCUT2D eigenvalue weighted by molar-refractivity contribution is 14.2. The number of furan rings is 1. The summed E-state index contributed by atoms with van der Waals surface area (Å²) in [5, 5.41) is 0.970. The van der Waals surface area contributed by atoms with Gasteiger partial charge in [-0.15, -0.1) is 0 Å². The Morgan fingerprint density at radius 1 is 1.15 bits per heavy atom. The molecule has 0 saturated heterocycles. The fourth-order valence-electron chi connectivity index (χ4n) is 3.00. The molecule has 5 nitrogen and oxygen atoms in total. The average molecular weight is 460 g/mol. The third kappa shape index (κ3) is 2.95. The first-order chi connectivity index (χ1) is 12.7. The van der Waals surface area contributed by atoms with Crippen LogP contribution in [0.15, 0.2) is 57.4 Å². The van der Waals surface area contributed by atoms with E-state index in [2.05, 4.69) is 16.2 Å². The summed E-state index contributed by atoms with van der Waals surface area (Å²) in [6, 6.07) is 7.85. The van der Waals surface area contributed by atoms with Crippen LogP contribution in [0.3, 0.4) is 0 Å². The quantitative estimate of drug-likeness (QED) is 0.582. The minimum atomic E-state index is -0.185. The van der Waals surface area contributed by atoms with Crippen LogP contribution in [0.4, 0.5) is 0 Å². The van der Waals surface area contributed by atoms with Crippen LogP contribution < -0.4 is 15.2 Å². The molecule has 132 valence electrons. The minimum absolute atomic E-state index is 0.185. The van der Waals surface area contributed by atoms with Gasteiger partial charge in [0.05, 0.1) is 38.0 Å². The summed E-state index contributed by atoms with van der Waals surface area (Å²) < 4.78 is 19.5. The third-order valence-corrected chi connectivity index (χ3v) is 5.92. The molecule has 0 amide bonds. The largest absolute Gasteiger partial charge is 0.493 e. The molecule has 4 rings (SSSR count). The van der Waals surface area contributed by atoms with Gasteiger partial charge in [0.25, 0.3) is 0 Å². The Balaban J connectivity index is 1.98. The molecule has 0 bridgehead atoms. The second-order valence-electron chi connectivity index (χ2n) is 5.65. The van der Waals surface area contributed by atoms with E-state index in [-0.39, 0.29) is 20.7 Å². The van der Waals surface area contributed by atoms with Crippen LogP contribution in [0.5, 0.6) is 11.5 Å². The molecular formula is C20H17IN2O3. The van der Waals surface area contributed by atoms with Crippen LogP contribution in [-0.4, -0.2) is 22.8 Å². The number of methoxy groups -OCH3 is 2. The summed E-state index contributed by atoms with van der Waals surface area (Å²) >= 11 is -0.185. The van der Waals surface area contributed by atoms with Crippen molar-refractivity contribution >= 4 is 40.8 Å². The van der Waals surface area contributed by atoms with Crippen LogP contribution >= 0.6 is 20.7 Å². The smallest absolute Gasteiger partial charge is 0.169 e. The zero-order chi connectivity index (χ0) is 18.1. The first-order valence-corrected chi connectivity index (χ1v) is 10.3. The second kappa shape index (κ2) is 7.05. The highest BCUT2D eigenvalue weighted by Gasteiger charge is 2.19. The van der Waals surface area contributed by atoms with Gasteiger partial charge < -0.3 is 13.9 Å². The van der Waals surface area contributed by atoms with E-state index in [0.29, 0.717) is 11.5 Å². The van der Waals surface area contributed by atoms with Gasteiger partial charge >= 0.3 is 0 Å². The summed E-state index contributed by atoms with van der Waals surface area (Å²) in [5.41, 5.74) is 10.6. The van der Waals surface area contributed by atoms with E-state index in [9.17, 15) is 0 Å². The van der Waals surface area contributed by atoms with Gasteiger partial charge in [-0.2, -0.15) is 0 Å². The van der Waals surface area contributed by atoms with Crippen LogP contribution in [-0.2, 0) is 0 Å². The third-order valence-electron chi connectivity index (χ3n) is 4.17. The normalized spacial score (nSPS) is 13.8. The predicted octanol–water partition coefficient (Wildman–Crippen LogP) is 4.48. The lowest BCUT2D eigenvalue weighted by molar-refractivity contribution is 0.357. The van der Waals surface area contributed by atoms with Crippen LogP contribution in [0.2, 0.25) is 0 Å². The van der Waals surface area contributed by atoms with E-state index in [1.165, 1.54) is 0 Å². The van der Waals surface area contributed by atoms with Gasteiger partial charge in [-0.05, 0) is 34.4 Å². The molecule has 26 heavy (non-hydrogen) atoms. The number of allylic oxidation sites excluding steroid dienone is 2. The van der Waals surface area contributed by atoms with Gasteiger partial charge in [-0.1, -0.05) is 20.7 Å². The molecule has 0 spiro atoms. The van der Waals surface area contributed by atoms with Gasteiger partial charge in [0.1, 0.15) is 0 Å². The fraction of sp³-hybridized carbons (Fsp3) is 0.100. The molecule has 6 heteroatoms. The minimum Gasteiger partial charge on any atom is -0.493 e. The molecule has 1 aliphatic heterocycles. The SMILES string of the molecule is COc1cc2nc(C3=CC(N)=IC=C3)ccc2c(-c2ccoc2)c1OC.